The summed E-state index contributed by atoms with van der Waals surface area (Å²) in [5.74, 6) is 1.56. The SMILES string of the molecule is COc1cc(Br)cc(Br)c1OCC(=O)N/N=C\c1ccc(Sc2ccc(/C=N\NC(=O)COc3c(Br)cc(Br)cc3OC)o2)o1. The van der Waals surface area contributed by atoms with Gasteiger partial charge in [0, 0.05) is 8.95 Å². The van der Waals surface area contributed by atoms with Gasteiger partial charge in [0.1, 0.15) is 11.5 Å². The van der Waals surface area contributed by atoms with E-state index in [-0.39, 0.29) is 13.2 Å². The van der Waals surface area contributed by atoms with Gasteiger partial charge in [0.25, 0.3) is 11.8 Å². The average Bonchev–Trinajstić information content (AvgIpc) is 3.64. The summed E-state index contributed by atoms with van der Waals surface area (Å²) in [4.78, 5) is 24.3. The summed E-state index contributed by atoms with van der Waals surface area (Å²) in [6.45, 7) is -0.567. The van der Waals surface area contributed by atoms with E-state index in [9.17, 15) is 9.59 Å². The number of methoxy groups -OCH3 is 2. The number of carbonyl (C=O) groups excluding carboxylic acids is 2. The Morgan fingerprint density at radius 1 is 0.733 bits per heavy atom. The molecule has 4 rings (SSSR count). The first-order valence-corrected chi connectivity index (χ1v) is 16.5. The van der Waals surface area contributed by atoms with Gasteiger partial charge in [-0.15, -0.1) is 0 Å². The lowest BCUT2D eigenvalue weighted by molar-refractivity contribution is -0.123. The molecule has 0 aliphatic carbocycles. The van der Waals surface area contributed by atoms with Crippen molar-refractivity contribution in [1.29, 1.82) is 0 Å². The van der Waals surface area contributed by atoms with Gasteiger partial charge < -0.3 is 27.8 Å². The Hall–Kier alpha value is -3.25. The Kier molecular flexibility index (Phi) is 13.0. The number of furan rings is 2. The largest absolute Gasteiger partial charge is 0.493 e. The fraction of sp³-hybridized carbons (Fsp3) is 0.143. The van der Waals surface area contributed by atoms with E-state index in [1.165, 1.54) is 38.4 Å². The molecule has 236 valence electrons. The molecule has 4 aromatic rings. The summed E-state index contributed by atoms with van der Waals surface area (Å²) < 4.78 is 35.9. The van der Waals surface area contributed by atoms with Gasteiger partial charge in [-0.05, 0) is 92.2 Å². The first-order chi connectivity index (χ1) is 21.6. The van der Waals surface area contributed by atoms with Crippen LogP contribution in [0.25, 0.3) is 0 Å². The number of hydrogen-bond donors (Lipinski definition) is 2. The van der Waals surface area contributed by atoms with Crippen molar-refractivity contribution < 1.29 is 37.4 Å². The van der Waals surface area contributed by atoms with Crippen LogP contribution in [0.5, 0.6) is 23.0 Å². The lowest BCUT2D eigenvalue weighted by atomic mass is 10.3. The molecular weight excluding hydrogens is 872 g/mol. The van der Waals surface area contributed by atoms with Gasteiger partial charge in [0.15, 0.2) is 46.4 Å². The minimum Gasteiger partial charge on any atom is -0.493 e. The molecule has 12 nitrogen and oxygen atoms in total. The van der Waals surface area contributed by atoms with Crippen molar-refractivity contribution in [2.45, 2.75) is 10.2 Å². The van der Waals surface area contributed by atoms with Crippen molar-refractivity contribution in [3.63, 3.8) is 0 Å². The van der Waals surface area contributed by atoms with Crippen LogP contribution in [-0.2, 0) is 9.59 Å². The number of nitrogens with zero attached hydrogens (tertiary/aromatic N) is 2. The Balaban J connectivity index is 1.20. The zero-order valence-electron chi connectivity index (χ0n) is 23.3. The van der Waals surface area contributed by atoms with Crippen molar-refractivity contribution in [1.82, 2.24) is 10.9 Å². The van der Waals surface area contributed by atoms with Gasteiger partial charge in [-0.2, -0.15) is 10.2 Å². The van der Waals surface area contributed by atoms with E-state index in [1.54, 1.807) is 48.5 Å². The van der Waals surface area contributed by atoms with Gasteiger partial charge in [-0.1, -0.05) is 31.9 Å². The zero-order chi connectivity index (χ0) is 32.3. The van der Waals surface area contributed by atoms with Gasteiger partial charge in [0.05, 0.1) is 35.6 Å². The highest BCUT2D eigenvalue weighted by atomic mass is 79.9. The predicted molar refractivity (Wildman–Crippen MR) is 181 cm³/mol. The normalized spacial score (nSPS) is 11.2. The zero-order valence-corrected chi connectivity index (χ0v) is 30.4. The molecule has 0 saturated heterocycles. The molecule has 0 saturated carbocycles. The Morgan fingerprint density at radius 3 is 1.56 bits per heavy atom. The number of hydrogen-bond acceptors (Lipinski definition) is 11. The lowest BCUT2D eigenvalue weighted by Gasteiger charge is -2.12. The molecule has 2 amide bonds. The molecule has 45 heavy (non-hydrogen) atoms. The highest BCUT2D eigenvalue weighted by Crippen LogP contribution is 2.39. The van der Waals surface area contributed by atoms with Crippen molar-refractivity contribution in [3.05, 3.63) is 77.9 Å². The highest BCUT2D eigenvalue weighted by Gasteiger charge is 2.14. The second kappa shape index (κ2) is 16.9. The number of rotatable bonds is 14. The monoisotopic (exact) mass is 890 g/mol. The minimum absolute atomic E-state index is 0.284. The van der Waals surface area contributed by atoms with Crippen molar-refractivity contribution in [2.75, 3.05) is 27.4 Å². The number of hydrazone groups is 2. The number of benzene rings is 2. The molecule has 0 aliphatic rings. The fourth-order valence-electron chi connectivity index (χ4n) is 3.35. The number of carbonyl (C=O) groups is 2. The maximum Gasteiger partial charge on any atom is 0.277 e. The van der Waals surface area contributed by atoms with Crippen LogP contribution < -0.4 is 29.8 Å². The third-order valence-corrected chi connectivity index (χ3v) is 8.19. The summed E-state index contributed by atoms with van der Waals surface area (Å²) in [6, 6.07) is 13.8. The number of ether oxygens (including phenoxy) is 4. The topological polar surface area (TPSA) is 146 Å². The molecule has 0 spiro atoms. The van der Waals surface area contributed by atoms with E-state index < -0.39 is 11.8 Å². The van der Waals surface area contributed by atoms with Gasteiger partial charge in [-0.25, -0.2) is 10.9 Å². The van der Waals surface area contributed by atoms with Crippen LogP contribution in [0.3, 0.4) is 0 Å². The second-order valence-electron chi connectivity index (χ2n) is 8.42. The number of amides is 2. The summed E-state index contributed by atoms with van der Waals surface area (Å²) >= 11 is 14.7. The molecule has 0 unspecified atom stereocenters. The van der Waals surface area contributed by atoms with E-state index in [0.717, 1.165) is 8.95 Å². The van der Waals surface area contributed by atoms with Crippen LogP contribution in [0.2, 0.25) is 0 Å². The summed E-state index contributed by atoms with van der Waals surface area (Å²) in [5, 5.41) is 8.85. The Morgan fingerprint density at radius 2 is 1.16 bits per heavy atom. The number of halogens is 4. The van der Waals surface area contributed by atoms with Crippen molar-refractivity contribution in [3.8, 4) is 23.0 Å². The number of nitrogens with one attached hydrogen (secondary N) is 2. The fourth-order valence-corrected chi connectivity index (χ4v) is 6.70. The van der Waals surface area contributed by atoms with Gasteiger partial charge in [0.2, 0.25) is 0 Å². The maximum atomic E-state index is 12.2. The van der Waals surface area contributed by atoms with E-state index in [0.29, 0.717) is 53.6 Å². The predicted octanol–water partition coefficient (Wildman–Crippen LogP) is 7.15. The molecule has 2 N–H and O–H groups in total. The van der Waals surface area contributed by atoms with E-state index in [2.05, 4.69) is 84.8 Å². The van der Waals surface area contributed by atoms with E-state index in [1.807, 2.05) is 0 Å². The molecule has 0 fully saturated rings. The first-order valence-electron chi connectivity index (χ1n) is 12.5. The van der Waals surface area contributed by atoms with E-state index >= 15 is 0 Å². The van der Waals surface area contributed by atoms with Gasteiger partial charge in [-0.3, -0.25) is 9.59 Å². The van der Waals surface area contributed by atoms with Crippen LogP contribution in [0.1, 0.15) is 11.5 Å². The molecule has 2 aromatic heterocycles. The molecule has 0 aliphatic heterocycles. The van der Waals surface area contributed by atoms with Crippen LogP contribution in [0.4, 0.5) is 0 Å². The van der Waals surface area contributed by atoms with Crippen LogP contribution in [0.15, 0.2) is 95.6 Å². The minimum atomic E-state index is -0.476. The standard InChI is InChI=1S/C28H22Br4N4O8S/c1-39-21-9-15(29)7-19(31)27(21)41-13-23(37)35-33-11-17-3-5-25(43-17)45-26-6-4-18(44-26)12-34-36-24(38)14-42-28-20(32)8-16(30)10-22(28)40-2/h3-12H,13-14H2,1-2H3,(H,35,37)(H,36,38)/b33-11-,34-12-. The van der Waals surface area contributed by atoms with Crippen molar-refractivity contribution >= 4 is 99.7 Å². The molecule has 0 radical (unpaired) electrons. The maximum absolute atomic E-state index is 12.2. The van der Waals surface area contributed by atoms with Crippen molar-refractivity contribution in [2.24, 2.45) is 10.2 Å². The molecule has 0 atom stereocenters. The second-order valence-corrected chi connectivity index (χ2v) is 13.0. The lowest BCUT2D eigenvalue weighted by Crippen LogP contribution is -2.24. The van der Waals surface area contributed by atoms with E-state index in [4.69, 9.17) is 27.8 Å². The quantitative estimate of drug-likeness (QED) is 0.0996. The molecule has 2 aromatic carbocycles. The third-order valence-electron chi connectivity index (χ3n) is 5.25. The summed E-state index contributed by atoms with van der Waals surface area (Å²) in [5.41, 5.74) is 4.76. The molecule has 17 heteroatoms. The highest BCUT2D eigenvalue weighted by molar-refractivity contribution is 9.11. The average molecular weight is 894 g/mol. The molecular formula is C28H22Br4N4O8S. The summed E-state index contributed by atoms with van der Waals surface area (Å²) in [7, 11) is 3.01. The molecule has 2 heterocycles. The third kappa shape index (κ3) is 10.4. The summed E-state index contributed by atoms with van der Waals surface area (Å²) in [6.07, 6.45) is 2.71. The van der Waals surface area contributed by atoms with Crippen LogP contribution in [0, 0.1) is 0 Å². The smallest absolute Gasteiger partial charge is 0.277 e. The molecule has 0 bridgehead atoms. The van der Waals surface area contributed by atoms with Gasteiger partial charge >= 0.3 is 0 Å². The van der Waals surface area contributed by atoms with Crippen LogP contribution in [-0.4, -0.2) is 51.7 Å². The Bertz CT molecular complexity index is 1600. The van der Waals surface area contributed by atoms with Crippen LogP contribution >= 0.6 is 75.5 Å². The Labute approximate surface area is 294 Å². The first kappa shape index (κ1) is 34.6.